The van der Waals surface area contributed by atoms with Gasteiger partial charge in [0.25, 0.3) is 11.1 Å². The number of nitrogens with zero attached hydrogens (tertiary/aromatic N) is 1. The molecule has 0 bridgehead atoms. The van der Waals surface area contributed by atoms with Crippen LogP contribution in [0.5, 0.6) is 0 Å². The van der Waals surface area contributed by atoms with E-state index >= 15 is 0 Å². The molecule has 8 aromatic rings. The van der Waals surface area contributed by atoms with Crippen molar-refractivity contribution in [2.75, 3.05) is 0 Å². The van der Waals surface area contributed by atoms with Crippen LogP contribution in [0.2, 0.25) is 0 Å². The van der Waals surface area contributed by atoms with Crippen molar-refractivity contribution in [2.45, 2.75) is 16.7 Å². The molecule has 0 aliphatic rings. The van der Waals surface area contributed by atoms with Crippen LogP contribution < -0.4 is 11.1 Å². The first-order chi connectivity index (χ1) is 17.5. The molecule has 0 atom stereocenters. The second-order valence-electron chi connectivity index (χ2n) is 9.31. The number of para-hydroxylation sites is 1. The largest absolute Gasteiger partial charge is 0.268 e. The van der Waals surface area contributed by atoms with Crippen molar-refractivity contribution in [1.29, 1.82) is 0 Å². The highest BCUT2D eigenvalue weighted by Gasteiger charge is 2.29. The second-order valence-corrected chi connectivity index (χ2v) is 13.1. The molecule has 0 saturated carbocycles. The van der Waals surface area contributed by atoms with E-state index in [9.17, 15) is 9.59 Å². The molecule has 0 saturated heterocycles. The lowest BCUT2D eigenvalue weighted by Gasteiger charge is -2.10. The van der Waals surface area contributed by atoms with Gasteiger partial charge in [0, 0.05) is 52.2 Å². The van der Waals surface area contributed by atoms with Crippen LogP contribution in [0, 0.1) is 6.92 Å². The Morgan fingerprint density at radius 2 is 1.11 bits per heavy atom. The van der Waals surface area contributed by atoms with Crippen molar-refractivity contribution in [3.63, 3.8) is 0 Å². The van der Waals surface area contributed by atoms with Gasteiger partial charge in [0.15, 0.2) is 0 Å². The van der Waals surface area contributed by atoms with Gasteiger partial charge in [-0.3, -0.25) is 9.59 Å². The monoisotopic (exact) mass is 725 g/mol. The zero-order valence-electron chi connectivity index (χ0n) is 18.6. The summed E-state index contributed by atoms with van der Waals surface area (Å²) in [4.78, 5) is 30.5. The van der Waals surface area contributed by atoms with Crippen LogP contribution in [0.25, 0.3) is 70.3 Å². The Morgan fingerprint density at radius 1 is 0.611 bits per heavy atom. The van der Waals surface area contributed by atoms with Crippen molar-refractivity contribution in [3.05, 3.63) is 86.9 Å². The summed E-state index contributed by atoms with van der Waals surface area (Å²) in [6.07, 6.45) is 0. The average Bonchev–Trinajstić information content (AvgIpc) is 3.39. The average molecular weight is 725 g/mol. The molecule has 1 heterocycles. The van der Waals surface area contributed by atoms with E-state index in [2.05, 4.69) is 78.8 Å². The zero-order chi connectivity index (χ0) is 24.5. The van der Waals surface area contributed by atoms with Gasteiger partial charge >= 0.3 is 0 Å². The van der Waals surface area contributed by atoms with Crippen molar-refractivity contribution in [2.24, 2.45) is 0 Å². The highest BCUT2D eigenvalue weighted by molar-refractivity contribution is 14.2. The van der Waals surface area contributed by atoms with E-state index in [0.29, 0.717) is 16.5 Å². The van der Waals surface area contributed by atoms with E-state index in [0.717, 1.165) is 36.9 Å². The predicted octanol–water partition coefficient (Wildman–Crippen LogP) is 9.06. The van der Waals surface area contributed by atoms with Crippen LogP contribution in [0.15, 0.2) is 80.0 Å². The molecule has 0 fully saturated rings. The maximum atomic E-state index is 14.1. The summed E-state index contributed by atoms with van der Waals surface area (Å²) in [6, 6.07) is 20.7. The fourth-order valence-electron chi connectivity index (χ4n) is 6.28. The van der Waals surface area contributed by atoms with Gasteiger partial charge in [-0.2, -0.15) is 0 Å². The van der Waals surface area contributed by atoms with E-state index in [1.807, 2.05) is 31.2 Å². The summed E-state index contributed by atoms with van der Waals surface area (Å²) < 4.78 is 1.38. The normalized spacial score (nSPS) is 12.8. The van der Waals surface area contributed by atoms with Gasteiger partial charge in [-0.15, -0.1) is 0 Å². The van der Waals surface area contributed by atoms with Gasteiger partial charge in [-0.05, 0) is 84.5 Å². The SMILES string of the molecule is Cc1ccccc1-n1c(=O)c2c3cc(SI)c4ccc5ccc6c(SI)cc(c2c1=O)c1c6c5c4c31. The van der Waals surface area contributed by atoms with Crippen molar-refractivity contribution < 1.29 is 0 Å². The van der Waals surface area contributed by atoms with Gasteiger partial charge < -0.3 is 0 Å². The van der Waals surface area contributed by atoms with Crippen molar-refractivity contribution >= 4 is 125 Å². The standard InChI is InChI=1S/C29H13I2NO2S2/c1-12-4-2-3-5-18(12)32-28(33)26-16-10-19(35-30)14-8-6-13-7-9-15-20(36-31)11-17(27(26)29(32)34)25-23(15)21(13)22(14)24(16)25/h2-11H,1H3. The predicted molar refractivity (Wildman–Crippen MR) is 173 cm³/mol. The maximum absolute atomic E-state index is 14.1. The van der Waals surface area contributed by atoms with Crippen LogP contribution in [0.1, 0.15) is 5.56 Å². The van der Waals surface area contributed by atoms with E-state index in [4.69, 9.17) is 0 Å². The number of fused-ring (bicyclic) bond motifs is 3. The molecular formula is C29H13I2NO2S2. The third-order valence-corrected chi connectivity index (χ3v) is 11.6. The van der Waals surface area contributed by atoms with Crippen LogP contribution >= 0.6 is 60.3 Å². The minimum Gasteiger partial charge on any atom is -0.268 e. The summed E-state index contributed by atoms with van der Waals surface area (Å²) >= 11 is 4.64. The molecule has 0 radical (unpaired) electrons. The van der Waals surface area contributed by atoms with Gasteiger partial charge in [0.2, 0.25) is 0 Å². The Morgan fingerprint density at radius 3 is 1.61 bits per heavy atom. The topological polar surface area (TPSA) is 39.1 Å². The molecule has 0 N–H and O–H groups in total. The van der Waals surface area contributed by atoms with Gasteiger partial charge in [0.05, 0.1) is 16.5 Å². The lowest BCUT2D eigenvalue weighted by atomic mass is 9.95. The van der Waals surface area contributed by atoms with E-state index in [1.54, 1.807) is 17.9 Å². The molecule has 0 aliphatic heterocycles. The second kappa shape index (κ2) is 7.49. The summed E-state index contributed by atoms with van der Waals surface area (Å²) in [5.41, 5.74) is 1.09. The van der Waals surface area contributed by atoms with E-state index in [-0.39, 0.29) is 11.1 Å². The number of halogens is 2. The minimum absolute atomic E-state index is 0.234. The number of aryl methyl sites for hydroxylation is 1. The molecule has 8 rings (SSSR count). The fourth-order valence-corrected chi connectivity index (χ4v) is 9.30. The molecule has 0 unspecified atom stereocenters. The third-order valence-electron chi connectivity index (χ3n) is 7.70. The summed E-state index contributed by atoms with van der Waals surface area (Å²) in [6.45, 7) is 1.94. The number of rotatable bonds is 3. The Balaban J connectivity index is 1.78. The maximum Gasteiger partial charge on any atom is 0.266 e. The molecule has 0 amide bonds. The lowest BCUT2D eigenvalue weighted by Crippen LogP contribution is -2.24. The molecular weight excluding hydrogens is 712 g/mol. The van der Waals surface area contributed by atoms with Gasteiger partial charge in [-0.25, -0.2) is 4.57 Å². The van der Waals surface area contributed by atoms with Crippen LogP contribution in [-0.2, 0) is 0 Å². The minimum atomic E-state index is -0.234. The first kappa shape index (κ1) is 22.0. The lowest BCUT2D eigenvalue weighted by molar-refractivity contribution is 0.979. The summed E-state index contributed by atoms with van der Waals surface area (Å²) in [7, 11) is 3.32. The molecule has 0 aliphatic carbocycles. The first-order valence-corrected chi connectivity index (χ1v) is 18.1. The quantitative estimate of drug-likeness (QED) is 0.135. The first-order valence-electron chi connectivity index (χ1n) is 11.3. The van der Waals surface area contributed by atoms with Crippen molar-refractivity contribution in [3.8, 4) is 5.69 Å². The molecule has 3 nitrogen and oxygen atoms in total. The van der Waals surface area contributed by atoms with E-state index < -0.39 is 0 Å². The Hall–Kier alpha value is -2.08. The van der Waals surface area contributed by atoms with Crippen molar-refractivity contribution in [1.82, 2.24) is 4.57 Å². The van der Waals surface area contributed by atoms with Crippen LogP contribution in [-0.4, -0.2) is 4.57 Å². The fraction of sp³-hybridized carbons (Fsp3) is 0.0345. The summed E-state index contributed by atoms with van der Waals surface area (Å²) in [5.74, 6) is 0. The number of benzene rings is 6. The molecule has 1 aromatic heterocycles. The Bertz CT molecular complexity index is 2160. The smallest absolute Gasteiger partial charge is 0.266 e. The summed E-state index contributed by atoms with van der Waals surface area (Å²) in [5, 5.41) is 12.3. The Labute approximate surface area is 236 Å². The molecule has 7 heteroatoms. The van der Waals surface area contributed by atoms with Gasteiger partial charge in [0.1, 0.15) is 0 Å². The zero-order valence-corrected chi connectivity index (χ0v) is 24.6. The highest BCUT2D eigenvalue weighted by Crippen LogP contribution is 2.54. The number of hydrogen-bond donors (Lipinski definition) is 0. The molecule has 0 spiro atoms. The highest BCUT2D eigenvalue weighted by atomic mass is 127. The number of aromatic nitrogens is 1. The van der Waals surface area contributed by atoms with E-state index in [1.165, 1.54) is 36.9 Å². The van der Waals surface area contributed by atoms with Crippen LogP contribution in [0.4, 0.5) is 0 Å². The molecule has 172 valence electrons. The molecule has 7 aromatic carbocycles. The Kier molecular flexibility index (Phi) is 4.57. The number of hydrogen-bond acceptors (Lipinski definition) is 4. The molecule has 36 heavy (non-hydrogen) atoms. The van der Waals surface area contributed by atoms with Gasteiger partial charge in [-0.1, -0.05) is 60.3 Å². The van der Waals surface area contributed by atoms with Crippen LogP contribution in [0.3, 0.4) is 0 Å². The third kappa shape index (κ3) is 2.48.